The van der Waals surface area contributed by atoms with Gasteiger partial charge in [-0.05, 0) is 37.5 Å². The average Bonchev–Trinajstić information content (AvgIpc) is 2.91. The summed E-state index contributed by atoms with van der Waals surface area (Å²) in [6.45, 7) is 1.95. The molecule has 2 rings (SSSR count). The SMILES string of the molecule is COc1cc(C(=O)C2CCCC2)c(OC)cc1C. The molecule has 0 aromatic heterocycles. The molecule has 0 unspecified atom stereocenters. The first-order valence-electron chi connectivity index (χ1n) is 6.44. The van der Waals surface area contributed by atoms with Crippen LogP contribution in [0, 0.1) is 12.8 Å². The molecule has 1 aliphatic rings. The molecule has 3 nitrogen and oxygen atoms in total. The van der Waals surface area contributed by atoms with Crippen LogP contribution in [0.4, 0.5) is 0 Å². The van der Waals surface area contributed by atoms with Crippen LogP contribution in [0.2, 0.25) is 0 Å². The molecular formula is C15H20O3. The lowest BCUT2D eigenvalue weighted by atomic mass is 9.94. The summed E-state index contributed by atoms with van der Waals surface area (Å²) < 4.78 is 10.6. The van der Waals surface area contributed by atoms with Crippen LogP contribution < -0.4 is 9.47 Å². The summed E-state index contributed by atoms with van der Waals surface area (Å²) in [6.07, 6.45) is 4.31. The standard InChI is InChI=1S/C15H20O3/c1-10-8-14(18-3)12(9-13(10)17-2)15(16)11-6-4-5-7-11/h8-9,11H,4-7H2,1-3H3. The van der Waals surface area contributed by atoms with Gasteiger partial charge in [0.05, 0.1) is 19.8 Å². The summed E-state index contributed by atoms with van der Waals surface area (Å²) in [5, 5.41) is 0. The van der Waals surface area contributed by atoms with Gasteiger partial charge in [-0.25, -0.2) is 0 Å². The van der Waals surface area contributed by atoms with Crippen molar-refractivity contribution in [3.8, 4) is 11.5 Å². The smallest absolute Gasteiger partial charge is 0.169 e. The van der Waals surface area contributed by atoms with Gasteiger partial charge in [-0.15, -0.1) is 0 Å². The minimum atomic E-state index is 0.159. The number of methoxy groups -OCH3 is 2. The molecule has 1 fully saturated rings. The molecule has 18 heavy (non-hydrogen) atoms. The van der Waals surface area contributed by atoms with Crippen molar-refractivity contribution in [2.24, 2.45) is 5.92 Å². The number of aryl methyl sites for hydroxylation is 1. The van der Waals surface area contributed by atoms with Gasteiger partial charge in [0.25, 0.3) is 0 Å². The summed E-state index contributed by atoms with van der Waals surface area (Å²) in [6, 6.07) is 3.69. The highest BCUT2D eigenvalue weighted by Crippen LogP contribution is 2.34. The zero-order chi connectivity index (χ0) is 13.1. The number of ketones is 1. The zero-order valence-corrected chi connectivity index (χ0v) is 11.3. The number of Topliss-reactive ketones (excluding diaryl/α,β-unsaturated/α-hetero) is 1. The first kappa shape index (κ1) is 12.9. The molecule has 0 saturated heterocycles. The molecule has 0 amide bonds. The number of rotatable bonds is 4. The third-order valence-electron chi connectivity index (χ3n) is 3.71. The fraction of sp³-hybridized carbons (Fsp3) is 0.533. The first-order chi connectivity index (χ1) is 8.67. The summed E-state index contributed by atoms with van der Waals surface area (Å²) in [4.78, 5) is 12.5. The molecule has 0 bridgehead atoms. The lowest BCUT2D eigenvalue weighted by Gasteiger charge is -2.14. The van der Waals surface area contributed by atoms with E-state index < -0.39 is 0 Å². The third kappa shape index (κ3) is 2.35. The molecule has 1 aliphatic carbocycles. The Hall–Kier alpha value is -1.51. The number of benzene rings is 1. The van der Waals surface area contributed by atoms with Crippen LogP contribution in [-0.2, 0) is 0 Å². The minimum Gasteiger partial charge on any atom is -0.496 e. The van der Waals surface area contributed by atoms with E-state index in [1.54, 1.807) is 14.2 Å². The van der Waals surface area contributed by atoms with Crippen molar-refractivity contribution in [2.45, 2.75) is 32.6 Å². The van der Waals surface area contributed by atoms with Gasteiger partial charge in [-0.2, -0.15) is 0 Å². The third-order valence-corrected chi connectivity index (χ3v) is 3.71. The van der Waals surface area contributed by atoms with Gasteiger partial charge in [-0.1, -0.05) is 12.8 Å². The van der Waals surface area contributed by atoms with Gasteiger partial charge >= 0.3 is 0 Å². The summed E-state index contributed by atoms with van der Waals surface area (Å²) in [5.41, 5.74) is 1.64. The molecule has 0 heterocycles. The van der Waals surface area contributed by atoms with E-state index in [4.69, 9.17) is 9.47 Å². The lowest BCUT2D eigenvalue weighted by molar-refractivity contribution is 0.0919. The predicted molar refractivity (Wildman–Crippen MR) is 70.6 cm³/mol. The molecule has 0 spiro atoms. The van der Waals surface area contributed by atoms with Gasteiger partial charge in [0.1, 0.15) is 11.5 Å². The van der Waals surface area contributed by atoms with Crippen LogP contribution >= 0.6 is 0 Å². The van der Waals surface area contributed by atoms with Crippen LogP contribution in [0.1, 0.15) is 41.6 Å². The Bertz CT molecular complexity index is 445. The Labute approximate surface area is 108 Å². The molecule has 0 N–H and O–H groups in total. The Morgan fingerprint density at radius 2 is 1.72 bits per heavy atom. The van der Waals surface area contributed by atoms with E-state index >= 15 is 0 Å². The molecule has 3 heteroatoms. The van der Waals surface area contributed by atoms with Crippen molar-refractivity contribution in [1.29, 1.82) is 0 Å². The van der Waals surface area contributed by atoms with Crippen LogP contribution in [0.25, 0.3) is 0 Å². The van der Waals surface area contributed by atoms with Gasteiger partial charge in [0, 0.05) is 5.92 Å². The number of carbonyl (C=O) groups excluding carboxylic acids is 1. The summed E-state index contributed by atoms with van der Waals surface area (Å²) in [7, 11) is 3.23. The van der Waals surface area contributed by atoms with Crippen molar-refractivity contribution in [1.82, 2.24) is 0 Å². The second-order valence-electron chi connectivity index (χ2n) is 4.87. The molecule has 1 aromatic carbocycles. The van der Waals surface area contributed by atoms with E-state index in [2.05, 4.69) is 0 Å². The Morgan fingerprint density at radius 3 is 2.28 bits per heavy atom. The summed E-state index contributed by atoms with van der Waals surface area (Å²) in [5.74, 6) is 1.76. The van der Waals surface area contributed by atoms with Crippen molar-refractivity contribution in [2.75, 3.05) is 14.2 Å². The molecular weight excluding hydrogens is 228 g/mol. The maximum absolute atomic E-state index is 12.5. The first-order valence-corrected chi connectivity index (χ1v) is 6.44. The fourth-order valence-corrected chi connectivity index (χ4v) is 2.65. The van der Waals surface area contributed by atoms with E-state index in [0.717, 1.165) is 37.0 Å². The zero-order valence-electron chi connectivity index (χ0n) is 11.3. The Morgan fingerprint density at radius 1 is 1.11 bits per heavy atom. The molecule has 0 aliphatic heterocycles. The molecule has 1 saturated carbocycles. The lowest BCUT2D eigenvalue weighted by Crippen LogP contribution is -2.12. The van der Waals surface area contributed by atoms with E-state index in [0.29, 0.717) is 11.3 Å². The van der Waals surface area contributed by atoms with Gasteiger partial charge in [0.2, 0.25) is 0 Å². The normalized spacial score (nSPS) is 15.7. The largest absolute Gasteiger partial charge is 0.496 e. The molecule has 98 valence electrons. The molecule has 0 radical (unpaired) electrons. The number of hydrogen-bond acceptors (Lipinski definition) is 3. The van der Waals surface area contributed by atoms with Gasteiger partial charge in [0.15, 0.2) is 5.78 Å². The second kappa shape index (κ2) is 5.42. The number of hydrogen-bond donors (Lipinski definition) is 0. The average molecular weight is 248 g/mol. The highest BCUT2D eigenvalue weighted by atomic mass is 16.5. The maximum Gasteiger partial charge on any atom is 0.169 e. The maximum atomic E-state index is 12.5. The predicted octanol–water partition coefficient (Wildman–Crippen LogP) is 3.39. The van der Waals surface area contributed by atoms with Gasteiger partial charge < -0.3 is 9.47 Å². The van der Waals surface area contributed by atoms with Crippen LogP contribution in [-0.4, -0.2) is 20.0 Å². The second-order valence-corrected chi connectivity index (χ2v) is 4.87. The highest BCUT2D eigenvalue weighted by molar-refractivity contribution is 6.01. The molecule has 0 atom stereocenters. The fourth-order valence-electron chi connectivity index (χ4n) is 2.65. The minimum absolute atomic E-state index is 0.159. The van der Waals surface area contributed by atoms with Crippen molar-refractivity contribution < 1.29 is 14.3 Å². The monoisotopic (exact) mass is 248 g/mol. The Kier molecular flexibility index (Phi) is 3.90. The number of carbonyl (C=O) groups is 1. The quantitative estimate of drug-likeness (QED) is 0.766. The topological polar surface area (TPSA) is 35.5 Å². The summed E-state index contributed by atoms with van der Waals surface area (Å²) >= 11 is 0. The van der Waals surface area contributed by atoms with Crippen LogP contribution in [0.5, 0.6) is 11.5 Å². The van der Waals surface area contributed by atoms with E-state index in [9.17, 15) is 4.79 Å². The van der Waals surface area contributed by atoms with E-state index in [-0.39, 0.29) is 11.7 Å². The molecule has 1 aromatic rings. The van der Waals surface area contributed by atoms with Gasteiger partial charge in [-0.3, -0.25) is 4.79 Å². The van der Waals surface area contributed by atoms with Crippen molar-refractivity contribution in [3.05, 3.63) is 23.3 Å². The van der Waals surface area contributed by atoms with Crippen molar-refractivity contribution >= 4 is 5.78 Å². The van der Waals surface area contributed by atoms with Crippen LogP contribution in [0.3, 0.4) is 0 Å². The van der Waals surface area contributed by atoms with E-state index in [1.807, 2.05) is 19.1 Å². The van der Waals surface area contributed by atoms with E-state index in [1.165, 1.54) is 0 Å². The number of ether oxygens (including phenoxy) is 2. The van der Waals surface area contributed by atoms with Crippen LogP contribution in [0.15, 0.2) is 12.1 Å². The van der Waals surface area contributed by atoms with Crippen molar-refractivity contribution in [3.63, 3.8) is 0 Å². The highest BCUT2D eigenvalue weighted by Gasteiger charge is 2.26. The Balaban J connectivity index is 2.38.